The number of hydrogen-bond donors (Lipinski definition) is 2. The van der Waals surface area contributed by atoms with Crippen LogP contribution in [0.3, 0.4) is 0 Å². The number of piperidine rings is 1. The zero-order chi connectivity index (χ0) is 29.7. The molecule has 5 rings (SSSR count). The molecule has 42 heavy (non-hydrogen) atoms. The highest BCUT2D eigenvalue weighted by Gasteiger charge is 2.35. The minimum Gasteiger partial charge on any atom is -0.496 e. The van der Waals surface area contributed by atoms with Gasteiger partial charge in [-0.1, -0.05) is 18.9 Å². The summed E-state index contributed by atoms with van der Waals surface area (Å²) in [6.45, 7) is 0.662. The van der Waals surface area contributed by atoms with Crippen molar-refractivity contribution in [2.45, 2.75) is 94.7 Å². The Morgan fingerprint density at radius 3 is 2.40 bits per heavy atom. The Balaban J connectivity index is 1.37. The molecule has 0 radical (unpaired) electrons. The van der Waals surface area contributed by atoms with Gasteiger partial charge in [-0.2, -0.15) is 5.10 Å². The molecule has 0 unspecified atom stereocenters. The van der Waals surface area contributed by atoms with E-state index in [1.807, 2.05) is 22.9 Å². The van der Waals surface area contributed by atoms with Crippen molar-refractivity contribution in [2.24, 2.45) is 0 Å². The normalized spacial score (nSPS) is 20.1. The number of nitrogens with one attached hydrogen (secondary N) is 2. The molecule has 2 aliphatic carbocycles. The molecule has 1 saturated heterocycles. The zero-order valence-electron chi connectivity index (χ0n) is 24.7. The molecule has 2 amide bonds. The van der Waals surface area contributed by atoms with Gasteiger partial charge in [-0.05, 0) is 69.7 Å². The van der Waals surface area contributed by atoms with Crippen LogP contribution in [0.15, 0.2) is 24.3 Å². The summed E-state index contributed by atoms with van der Waals surface area (Å²) in [4.78, 5) is 28.3. The molecule has 1 atom stereocenters. The molecular weight excluding hydrogens is 544 g/mol. The number of nitrogens with zero attached hydrogens (tertiary/aromatic N) is 3. The number of halogens is 2. The minimum atomic E-state index is -2.71. The van der Waals surface area contributed by atoms with Gasteiger partial charge in [0, 0.05) is 31.5 Å². The van der Waals surface area contributed by atoms with Gasteiger partial charge < -0.3 is 20.1 Å². The fraction of sp³-hybridized carbons (Fsp3) is 0.645. The molecule has 2 aromatic rings. The Morgan fingerprint density at radius 1 is 1.07 bits per heavy atom. The van der Waals surface area contributed by atoms with Crippen molar-refractivity contribution in [3.05, 3.63) is 30.0 Å². The van der Waals surface area contributed by atoms with Gasteiger partial charge >= 0.3 is 0 Å². The van der Waals surface area contributed by atoms with Crippen LogP contribution in [0.25, 0.3) is 11.3 Å². The fourth-order valence-corrected chi connectivity index (χ4v) is 6.35. The Hall–Kier alpha value is -3.21. The van der Waals surface area contributed by atoms with E-state index in [0.29, 0.717) is 37.4 Å². The maximum absolute atomic E-state index is 14.0. The van der Waals surface area contributed by atoms with Crippen molar-refractivity contribution in [3.8, 4) is 22.8 Å². The summed E-state index contributed by atoms with van der Waals surface area (Å²) in [5.74, 6) is -2.01. The molecule has 1 aromatic heterocycles. The van der Waals surface area contributed by atoms with Crippen LogP contribution in [0.1, 0.15) is 87.2 Å². The van der Waals surface area contributed by atoms with Gasteiger partial charge in [-0.3, -0.25) is 19.2 Å². The minimum absolute atomic E-state index is 0.0863. The summed E-state index contributed by atoms with van der Waals surface area (Å²) in [5.41, 5.74) is 1.69. The lowest BCUT2D eigenvalue weighted by atomic mass is 9.93. The van der Waals surface area contributed by atoms with E-state index in [2.05, 4.69) is 10.6 Å². The van der Waals surface area contributed by atoms with Crippen molar-refractivity contribution in [3.63, 3.8) is 0 Å². The lowest BCUT2D eigenvalue weighted by Crippen LogP contribution is -2.47. The first kappa shape index (κ1) is 30.3. The molecule has 3 fully saturated rings. The fourth-order valence-electron chi connectivity index (χ4n) is 6.35. The summed E-state index contributed by atoms with van der Waals surface area (Å²) in [7, 11) is 3.19. The van der Waals surface area contributed by atoms with Gasteiger partial charge in [0.1, 0.15) is 11.5 Å². The average Bonchev–Trinajstić information content (AvgIpc) is 3.63. The predicted octanol–water partition coefficient (Wildman–Crippen LogP) is 4.96. The van der Waals surface area contributed by atoms with E-state index in [0.717, 1.165) is 56.2 Å². The van der Waals surface area contributed by atoms with Crippen molar-refractivity contribution in [1.29, 1.82) is 0 Å². The number of alkyl halides is 2. The number of benzene rings is 1. The van der Waals surface area contributed by atoms with E-state index in [1.54, 1.807) is 25.2 Å². The third-order valence-electron chi connectivity index (χ3n) is 8.83. The largest absolute Gasteiger partial charge is 0.496 e. The van der Waals surface area contributed by atoms with Gasteiger partial charge in [0.25, 0.3) is 11.8 Å². The molecule has 1 aromatic carbocycles. The summed E-state index contributed by atoms with van der Waals surface area (Å²) in [6, 6.07) is 7.10. The number of methoxy groups -OCH3 is 2. The van der Waals surface area contributed by atoms with Crippen LogP contribution in [-0.2, 0) is 4.79 Å². The number of rotatable bonds is 12. The molecule has 9 nitrogen and oxygen atoms in total. The van der Waals surface area contributed by atoms with Crippen LogP contribution in [0, 0.1) is 0 Å². The van der Waals surface area contributed by atoms with Gasteiger partial charge in [0.15, 0.2) is 5.69 Å². The lowest BCUT2D eigenvalue weighted by Gasteiger charge is -2.33. The van der Waals surface area contributed by atoms with E-state index in [4.69, 9.17) is 14.6 Å². The first-order chi connectivity index (χ1) is 20.3. The second-order valence-electron chi connectivity index (χ2n) is 11.9. The summed E-state index contributed by atoms with van der Waals surface area (Å²) in [5, 5.41) is 10.8. The molecule has 11 heteroatoms. The van der Waals surface area contributed by atoms with E-state index in [9.17, 15) is 18.4 Å². The Morgan fingerprint density at radius 2 is 1.79 bits per heavy atom. The van der Waals surface area contributed by atoms with Gasteiger partial charge in [-0.25, -0.2) is 8.78 Å². The number of likely N-dealkylation sites (tertiary alicyclic amines) is 1. The highest BCUT2D eigenvalue weighted by atomic mass is 19.3. The van der Waals surface area contributed by atoms with Crippen LogP contribution in [0.5, 0.6) is 11.5 Å². The molecule has 1 aliphatic heterocycles. The van der Waals surface area contributed by atoms with Crippen molar-refractivity contribution < 1.29 is 27.8 Å². The lowest BCUT2D eigenvalue weighted by molar-refractivity contribution is -0.122. The number of carbonyl (C=O) groups is 2. The maximum Gasteiger partial charge on any atom is 0.272 e. The highest BCUT2D eigenvalue weighted by Crippen LogP contribution is 2.42. The molecule has 2 heterocycles. The number of ether oxygens (including phenoxy) is 2. The van der Waals surface area contributed by atoms with Crippen molar-refractivity contribution in [2.75, 3.05) is 33.9 Å². The third kappa shape index (κ3) is 7.22. The Kier molecular flexibility index (Phi) is 9.65. The van der Waals surface area contributed by atoms with Crippen molar-refractivity contribution >= 4 is 11.8 Å². The van der Waals surface area contributed by atoms with E-state index in [-0.39, 0.29) is 43.1 Å². The monoisotopic (exact) mass is 587 g/mol. The number of hydrogen-bond acceptors (Lipinski definition) is 6. The molecule has 2 N–H and O–H groups in total. The Bertz CT molecular complexity index is 1220. The van der Waals surface area contributed by atoms with Crippen LogP contribution < -0.4 is 20.1 Å². The average molecular weight is 588 g/mol. The first-order valence-corrected chi connectivity index (χ1v) is 15.3. The quantitative estimate of drug-likeness (QED) is 0.364. The smallest absolute Gasteiger partial charge is 0.272 e. The van der Waals surface area contributed by atoms with Crippen LogP contribution in [0.4, 0.5) is 8.78 Å². The second kappa shape index (κ2) is 13.4. The van der Waals surface area contributed by atoms with Crippen LogP contribution in [-0.4, -0.2) is 78.4 Å². The number of carbonyl (C=O) groups excluding carboxylic acids is 2. The van der Waals surface area contributed by atoms with E-state index in [1.165, 1.54) is 0 Å². The van der Waals surface area contributed by atoms with Crippen LogP contribution in [0.2, 0.25) is 0 Å². The molecule has 3 aliphatic rings. The number of aromatic nitrogens is 2. The second-order valence-corrected chi connectivity index (χ2v) is 11.9. The predicted molar refractivity (Wildman–Crippen MR) is 155 cm³/mol. The summed E-state index contributed by atoms with van der Waals surface area (Å²) >= 11 is 0. The van der Waals surface area contributed by atoms with Gasteiger partial charge in [0.2, 0.25) is 5.91 Å². The standard InChI is InChI=1S/C31H43F2N5O4/c1-41-26-12-6-13-27(42-2)29(26)25-19-24(36-38(25)23-10-3-4-11-23)30(40)35-22(18-28(39)34-21-8-5-9-21)14-17-37-16-7-15-31(32,33)20-37/h6,12-13,19,21-23H,3-5,7-11,14-18,20H2,1-2H3,(H,34,39)(H,35,40)/t22-/m0/s1. The van der Waals surface area contributed by atoms with Gasteiger partial charge in [-0.15, -0.1) is 0 Å². The van der Waals surface area contributed by atoms with E-state index < -0.39 is 17.9 Å². The molecule has 2 saturated carbocycles. The Labute approximate surface area is 246 Å². The molecule has 0 spiro atoms. The molecule has 0 bridgehead atoms. The zero-order valence-corrected chi connectivity index (χ0v) is 24.7. The van der Waals surface area contributed by atoms with Gasteiger partial charge in [0.05, 0.1) is 38.1 Å². The maximum atomic E-state index is 14.0. The first-order valence-electron chi connectivity index (χ1n) is 15.3. The SMILES string of the molecule is COc1cccc(OC)c1-c1cc(C(=O)N[C@@H](CCN2CCCC(F)(F)C2)CC(=O)NC2CCC2)nn1C1CCCC1. The number of amides is 2. The van der Waals surface area contributed by atoms with Crippen molar-refractivity contribution in [1.82, 2.24) is 25.3 Å². The summed E-state index contributed by atoms with van der Waals surface area (Å²) in [6.07, 6.45) is 7.89. The highest BCUT2D eigenvalue weighted by molar-refractivity contribution is 5.94. The van der Waals surface area contributed by atoms with Crippen LogP contribution >= 0.6 is 0 Å². The molecule has 230 valence electrons. The molecular formula is C31H43F2N5O4. The summed E-state index contributed by atoms with van der Waals surface area (Å²) < 4.78 is 41.3. The topological polar surface area (TPSA) is 97.7 Å². The van der Waals surface area contributed by atoms with E-state index >= 15 is 0 Å². The third-order valence-corrected chi connectivity index (χ3v) is 8.83.